The molecular weight excluding hydrogens is 445 g/mol. The second-order valence-electron chi connectivity index (χ2n) is 7.91. The van der Waals surface area contributed by atoms with E-state index in [0.717, 1.165) is 24.3 Å². The highest BCUT2D eigenvalue weighted by Crippen LogP contribution is 2.21. The first-order valence-corrected chi connectivity index (χ1v) is 11.9. The van der Waals surface area contributed by atoms with E-state index in [4.69, 9.17) is 8.92 Å². The highest BCUT2D eigenvalue weighted by atomic mass is 32.2. The van der Waals surface area contributed by atoms with Gasteiger partial charge in [-0.3, -0.25) is 4.79 Å². The third-order valence-electron chi connectivity index (χ3n) is 4.62. The van der Waals surface area contributed by atoms with Crippen molar-refractivity contribution < 1.29 is 26.5 Å². The number of hydrogen-bond acceptors (Lipinski definition) is 5. The minimum atomic E-state index is -4.12. The molecule has 0 saturated heterocycles. The molecule has 6 nitrogen and oxygen atoms in total. The molecule has 0 radical (unpaired) electrons. The SMILES string of the molecule is CC(C)CN(Cc1cccc(OS(=O)(=O)c2ccc(F)cc2)c1)C(=O)COc1ccccc1. The number of rotatable bonds is 10. The molecule has 0 aliphatic heterocycles. The molecule has 0 heterocycles. The summed E-state index contributed by atoms with van der Waals surface area (Å²) in [5, 5.41) is 0. The molecule has 0 aliphatic carbocycles. The molecule has 3 rings (SSSR count). The molecule has 0 aromatic heterocycles. The van der Waals surface area contributed by atoms with Crippen LogP contribution in [-0.4, -0.2) is 32.4 Å². The Hall–Kier alpha value is -3.39. The maximum Gasteiger partial charge on any atom is 0.339 e. The number of benzene rings is 3. The maximum atomic E-state index is 13.1. The van der Waals surface area contributed by atoms with Gasteiger partial charge in [0.1, 0.15) is 22.2 Å². The van der Waals surface area contributed by atoms with Crippen molar-refractivity contribution in [1.29, 1.82) is 0 Å². The van der Waals surface area contributed by atoms with E-state index in [1.807, 2.05) is 32.0 Å². The minimum Gasteiger partial charge on any atom is -0.484 e. The lowest BCUT2D eigenvalue weighted by Gasteiger charge is -2.25. The van der Waals surface area contributed by atoms with Crippen molar-refractivity contribution in [3.05, 3.63) is 90.2 Å². The molecule has 0 saturated carbocycles. The lowest BCUT2D eigenvalue weighted by Crippen LogP contribution is -2.37. The predicted octanol–water partition coefficient (Wildman–Crippen LogP) is 4.66. The minimum absolute atomic E-state index is 0.105. The Morgan fingerprint density at radius 2 is 1.61 bits per heavy atom. The fourth-order valence-electron chi connectivity index (χ4n) is 3.14. The lowest BCUT2D eigenvalue weighted by atomic mass is 10.1. The Morgan fingerprint density at radius 3 is 2.27 bits per heavy atom. The largest absolute Gasteiger partial charge is 0.484 e. The van der Waals surface area contributed by atoms with Crippen LogP contribution in [-0.2, 0) is 21.5 Å². The maximum absolute atomic E-state index is 13.1. The summed E-state index contributed by atoms with van der Waals surface area (Å²) in [6.45, 7) is 4.69. The van der Waals surface area contributed by atoms with E-state index in [1.165, 1.54) is 6.07 Å². The first-order chi connectivity index (χ1) is 15.7. The van der Waals surface area contributed by atoms with Gasteiger partial charge in [-0.25, -0.2) is 4.39 Å². The van der Waals surface area contributed by atoms with Crippen LogP contribution in [0.4, 0.5) is 4.39 Å². The van der Waals surface area contributed by atoms with Crippen molar-refractivity contribution in [3.63, 3.8) is 0 Å². The zero-order valence-corrected chi connectivity index (χ0v) is 19.3. The van der Waals surface area contributed by atoms with Crippen molar-refractivity contribution in [2.75, 3.05) is 13.2 Å². The molecule has 0 fully saturated rings. The summed E-state index contributed by atoms with van der Waals surface area (Å²) in [4.78, 5) is 14.3. The second-order valence-corrected chi connectivity index (χ2v) is 9.45. The van der Waals surface area contributed by atoms with Crippen LogP contribution in [0.15, 0.2) is 83.8 Å². The van der Waals surface area contributed by atoms with Gasteiger partial charge in [0.25, 0.3) is 5.91 Å². The van der Waals surface area contributed by atoms with Crippen molar-refractivity contribution in [3.8, 4) is 11.5 Å². The van der Waals surface area contributed by atoms with Gasteiger partial charge in [0.15, 0.2) is 6.61 Å². The van der Waals surface area contributed by atoms with Gasteiger partial charge in [-0.05, 0) is 60.0 Å². The molecule has 33 heavy (non-hydrogen) atoms. The molecule has 0 aliphatic rings. The zero-order valence-electron chi connectivity index (χ0n) is 18.5. The molecular formula is C25H26FNO5S. The number of halogens is 1. The number of amides is 1. The van der Waals surface area contributed by atoms with Gasteiger partial charge in [-0.2, -0.15) is 8.42 Å². The molecule has 0 bridgehead atoms. The van der Waals surface area contributed by atoms with Crippen LogP contribution in [0.5, 0.6) is 11.5 Å². The molecule has 3 aromatic rings. The van der Waals surface area contributed by atoms with Crippen LogP contribution < -0.4 is 8.92 Å². The van der Waals surface area contributed by atoms with Crippen LogP contribution in [0.25, 0.3) is 0 Å². The van der Waals surface area contributed by atoms with E-state index in [1.54, 1.807) is 35.2 Å². The van der Waals surface area contributed by atoms with Crippen LogP contribution in [0.2, 0.25) is 0 Å². The topological polar surface area (TPSA) is 72.9 Å². The Kier molecular flexibility index (Phi) is 8.06. The van der Waals surface area contributed by atoms with Gasteiger partial charge in [-0.15, -0.1) is 0 Å². The average Bonchev–Trinajstić information content (AvgIpc) is 2.77. The van der Waals surface area contributed by atoms with Gasteiger partial charge < -0.3 is 13.8 Å². The molecule has 174 valence electrons. The average molecular weight is 472 g/mol. The Labute approximate surface area is 193 Å². The third-order valence-corrected chi connectivity index (χ3v) is 5.89. The standard InChI is InChI=1S/C25H26FNO5S/c1-19(2)16-27(25(28)18-31-22-8-4-3-5-9-22)17-20-7-6-10-23(15-20)32-33(29,30)24-13-11-21(26)12-14-24/h3-15,19H,16-18H2,1-2H3. The highest BCUT2D eigenvalue weighted by Gasteiger charge is 2.19. The molecule has 3 aromatic carbocycles. The van der Waals surface area contributed by atoms with E-state index in [-0.39, 0.29) is 35.6 Å². The van der Waals surface area contributed by atoms with Crippen molar-refractivity contribution in [2.45, 2.75) is 25.3 Å². The number of ether oxygens (including phenoxy) is 1. The number of para-hydroxylation sites is 1. The van der Waals surface area contributed by atoms with Crippen LogP contribution in [0.3, 0.4) is 0 Å². The summed E-state index contributed by atoms with van der Waals surface area (Å²) in [6.07, 6.45) is 0. The fourth-order valence-corrected chi connectivity index (χ4v) is 4.06. The molecule has 1 amide bonds. The lowest BCUT2D eigenvalue weighted by molar-refractivity contribution is -0.134. The zero-order chi connectivity index (χ0) is 23.8. The summed E-state index contributed by atoms with van der Waals surface area (Å²) < 4.78 is 48.9. The second kappa shape index (κ2) is 11.0. The van der Waals surface area contributed by atoms with Crippen molar-refractivity contribution >= 4 is 16.0 Å². The van der Waals surface area contributed by atoms with Gasteiger partial charge in [0.05, 0.1) is 0 Å². The van der Waals surface area contributed by atoms with E-state index in [2.05, 4.69) is 0 Å². The first kappa shape index (κ1) is 24.3. The van der Waals surface area contributed by atoms with Gasteiger partial charge in [0.2, 0.25) is 0 Å². The van der Waals surface area contributed by atoms with Gasteiger partial charge >= 0.3 is 10.1 Å². The van der Waals surface area contributed by atoms with Crippen LogP contribution in [0.1, 0.15) is 19.4 Å². The van der Waals surface area contributed by atoms with E-state index in [9.17, 15) is 17.6 Å². The molecule has 0 N–H and O–H groups in total. The number of carbonyl (C=O) groups excluding carboxylic acids is 1. The van der Waals surface area contributed by atoms with Gasteiger partial charge in [0, 0.05) is 13.1 Å². The summed E-state index contributed by atoms with van der Waals surface area (Å²) in [6, 6.07) is 20.0. The Balaban J connectivity index is 1.71. The summed E-state index contributed by atoms with van der Waals surface area (Å²) in [7, 11) is -4.12. The molecule has 0 unspecified atom stereocenters. The third kappa shape index (κ3) is 7.32. The molecule has 0 spiro atoms. The first-order valence-electron chi connectivity index (χ1n) is 10.5. The molecule has 0 atom stereocenters. The van der Waals surface area contributed by atoms with Crippen molar-refractivity contribution in [1.82, 2.24) is 4.90 Å². The predicted molar refractivity (Wildman–Crippen MR) is 123 cm³/mol. The van der Waals surface area contributed by atoms with E-state index >= 15 is 0 Å². The monoisotopic (exact) mass is 471 g/mol. The summed E-state index contributed by atoms with van der Waals surface area (Å²) >= 11 is 0. The Bertz CT molecular complexity index is 1160. The van der Waals surface area contributed by atoms with E-state index < -0.39 is 15.9 Å². The fraction of sp³-hybridized carbons (Fsp3) is 0.240. The quantitative estimate of drug-likeness (QED) is 0.402. The number of carbonyl (C=O) groups is 1. The number of hydrogen-bond donors (Lipinski definition) is 0. The molecule has 8 heteroatoms. The summed E-state index contributed by atoms with van der Waals surface area (Å²) in [5.41, 5.74) is 0.704. The normalized spacial score (nSPS) is 11.3. The Morgan fingerprint density at radius 1 is 0.939 bits per heavy atom. The number of nitrogens with zero attached hydrogens (tertiary/aromatic N) is 1. The smallest absolute Gasteiger partial charge is 0.339 e. The summed E-state index contributed by atoms with van der Waals surface area (Å²) in [5.74, 6) is 0.218. The van der Waals surface area contributed by atoms with Gasteiger partial charge in [-0.1, -0.05) is 44.2 Å². The van der Waals surface area contributed by atoms with Crippen LogP contribution >= 0.6 is 0 Å². The van der Waals surface area contributed by atoms with Crippen molar-refractivity contribution in [2.24, 2.45) is 5.92 Å². The van der Waals surface area contributed by atoms with E-state index in [0.29, 0.717) is 17.9 Å². The highest BCUT2D eigenvalue weighted by molar-refractivity contribution is 7.87. The van der Waals surface area contributed by atoms with Crippen LogP contribution in [0, 0.1) is 11.7 Å².